The average molecular weight is 324 g/mol. The lowest BCUT2D eigenvalue weighted by molar-refractivity contribution is -0.122. The molecule has 6 heteroatoms. The van der Waals surface area contributed by atoms with E-state index in [1.807, 2.05) is 38.1 Å². The molecule has 0 aliphatic heterocycles. The van der Waals surface area contributed by atoms with E-state index in [1.54, 1.807) is 18.3 Å². The Kier molecular flexibility index (Phi) is 4.46. The van der Waals surface area contributed by atoms with Crippen LogP contribution >= 0.6 is 0 Å². The van der Waals surface area contributed by atoms with Crippen molar-refractivity contribution in [3.05, 3.63) is 64.8 Å². The molecular weight excluding hydrogens is 304 g/mol. The Bertz CT molecular complexity index is 877. The van der Waals surface area contributed by atoms with Gasteiger partial charge >= 0.3 is 0 Å². The molecule has 0 saturated heterocycles. The maximum absolute atomic E-state index is 12.4. The molecule has 0 radical (unpaired) electrons. The highest BCUT2D eigenvalue weighted by Gasteiger charge is 2.21. The maximum Gasteiger partial charge on any atom is 0.250 e. The Morgan fingerprint density at radius 2 is 1.96 bits per heavy atom. The molecule has 2 heterocycles. The molecule has 1 atom stereocenters. The summed E-state index contributed by atoms with van der Waals surface area (Å²) < 4.78 is 1.38. The minimum Gasteiger partial charge on any atom is -0.344 e. The smallest absolute Gasteiger partial charge is 0.250 e. The van der Waals surface area contributed by atoms with Crippen LogP contribution in [-0.4, -0.2) is 20.4 Å². The topological polar surface area (TPSA) is 79.8 Å². The second-order valence-corrected chi connectivity index (χ2v) is 6.10. The number of amides is 1. The molecule has 3 rings (SSSR count). The molecule has 0 fully saturated rings. The lowest BCUT2D eigenvalue weighted by atomic mass is 10.0. The fraction of sp³-hybridized carbons (Fsp3) is 0.278. The fourth-order valence-electron chi connectivity index (χ4n) is 2.64. The summed E-state index contributed by atoms with van der Waals surface area (Å²) in [5.74, 6) is 0.657. The third-order valence-corrected chi connectivity index (χ3v) is 3.90. The van der Waals surface area contributed by atoms with Crippen LogP contribution in [0.5, 0.6) is 0 Å². The summed E-state index contributed by atoms with van der Waals surface area (Å²) in [6, 6.07) is 12.3. The minimum atomic E-state index is -0.246. The summed E-state index contributed by atoms with van der Waals surface area (Å²) in [6.45, 7) is 4.03. The van der Waals surface area contributed by atoms with Crippen molar-refractivity contribution >= 4 is 16.9 Å². The van der Waals surface area contributed by atoms with Gasteiger partial charge in [-0.05, 0) is 24.1 Å². The number of para-hydroxylation sites is 2. The number of rotatable bonds is 5. The number of pyridine rings is 1. The van der Waals surface area contributed by atoms with Crippen molar-refractivity contribution < 1.29 is 4.79 Å². The normalized spacial score (nSPS) is 12.5. The van der Waals surface area contributed by atoms with E-state index in [0.29, 0.717) is 0 Å². The number of carbonyl (C=O) groups excluding carboxylic acids is 1. The van der Waals surface area contributed by atoms with Crippen molar-refractivity contribution in [2.24, 2.45) is 5.92 Å². The standard InChI is InChI=1S/C18H20N4O2/c1-12(2)17(18-19-13-7-3-4-8-14(13)20-18)21-15(23)11-22-10-6-5-9-16(22)24/h3-10,12,17H,11H2,1-2H3,(H,19,20)(H,21,23). The van der Waals surface area contributed by atoms with Crippen LogP contribution in [0.25, 0.3) is 11.0 Å². The number of nitrogens with zero attached hydrogens (tertiary/aromatic N) is 2. The summed E-state index contributed by atoms with van der Waals surface area (Å²) in [5, 5.41) is 2.98. The quantitative estimate of drug-likeness (QED) is 0.755. The second kappa shape index (κ2) is 6.70. The van der Waals surface area contributed by atoms with Gasteiger partial charge in [0.05, 0.1) is 17.1 Å². The predicted octanol–water partition coefficient (Wildman–Crippen LogP) is 2.24. The van der Waals surface area contributed by atoms with Crippen molar-refractivity contribution in [2.45, 2.75) is 26.4 Å². The largest absolute Gasteiger partial charge is 0.344 e. The maximum atomic E-state index is 12.4. The van der Waals surface area contributed by atoms with Gasteiger partial charge < -0.3 is 14.9 Å². The van der Waals surface area contributed by atoms with E-state index in [0.717, 1.165) is 16.9 Å². The fourth-order valence-corrected chi connectivity index (χ4v) is 2.64. The third kappa shape index (κ3) is 3.37. The van der Waals surface area contributed by atoms with E-state index in [9.17, 15) is 9.59 Å². The van der Waals surface area contributed by atoms with Gasteiger partial charge in [0.15, 0.2) is 0 Å². The van der Waals surface area contributed by atoms with Crippen LogP contribution in [-0.2, 0) is 11.3 Å². The van der Waals surface area contributed by atoms with Crippen molar-refractivity contribution in [3.8, 4) is 0 Å². The Labute approximate surface area is 139 Å². The second-order valence-electron chi connectivity index (χ2n) is 6.10. The highest BCUT2D eigenvalue weighted by atomic mass is 16.2. The van der Waals surface area contributed by atoms with Gasteiger partial charge in [-0.3, -0.25) is 9.59 Å². The van der Waals surface area contributed by atoms with Gasteiger partial charge in [-0.2, -0.15) is 0 Å². The van der Waals surface area contributed by atoms with Gasteiger partial charge in [0.1, 0.15) is 12.4 Å². The number of aromatic amines is 1. The van der Waals surface area contributed by atoms with E-state index in [-0.39, 0.29) is 30.0 Å². The summed E-state index contributed by atoms with van der Waals surface area (Å²) in [4.78, 5) is 31.9. The van der Waals surface area contributed by atoms with Gasteiger partial charge in [0, 0.05) is 12.3 Å². The predicted molar refractivity (Wildman–Crippen MR) is 92.5 cm³/mol. The molecule has 1 unspecified atom stereocenters. The van der Waals surface area contributed by atoms with Gasteiger partial charge in [0.25, 0.3) is 5.56 Å². The number of benzene rings is 1. The lowest BCUT2D eigenvalue weighted by Gasteiger charge is -2.20. The molecule has 0 bridgehead atoms. The van der Waals surface area contributed by atoms with Crippen LogP contribution in [0.3, 0.4) is 0 Å². The van der Waals surface area contributed by atoms with E-state index in [4.69, 9.17) is 0 Å². The van der Waals surface area contributed by atoms with Gasteiger partial charge in [-0.1, -0.05) is 32.0 Å². The first kappa shape index (κ1) is 16.0. The monoisotopic (exact) mass is 324 g/mol. The molecule has 2 aromatic heterocycles. The SMILES string of the molecule is CC(C)C(NC(=O)Cn1ccccc1=O)c1nc2ccccc2[nH]1. The Morgan fingerprint density at radius 1 is 1.21 bits per heavy atom. The first-order valence-corrected chi connectivity index (χ1v) is 7.94. The molecule has 124 valence electrons. The van der Waals surface area contributed by atoms with Gasteiger partial charge in [0.2, 0.25) is 5.91 Å². The summed E-state index contributed by atoms with van der Waals surface area (Å²) in [5.41, 5.74) is 1.61. The number of carbonyl (C=O) groups is 1. The number of imidazole rings is 1. The molecule has 1 amide bonds. The molecule has 0 aliphatic rings. The van der Waals surface area contributed by atoms with Gasteiger partial charge in [-0.25, -0.2) is 4.98 Å². The van der Waals surface area contributed by atoms with Crippen LogP contribution < -0.4 is 10.9 Å². The van der Waals surface area contributed by atoms with E-state index in [1.165, 1.54) is 10.6 Å². The Morgan fingerprint density at radius 3 is 2.67 bits per heavy atom. The van der Waals surface area contributed by atoms with Crippen molar-refractivity contribution in [1.29, 1.82) is 0 Å². The molecule has 1 aromatic carbocycles. The highest BCUT2D eigenvalue weighted by Crippen LogP contribution is 2.22. The number of nitrogens with one attached hydrogen (secondary N) is 2. The zero-order valence-corrected chi connectivity index (χ0v) is 13.7. The van der Waals surface area contributed by atoms with Gasteiger partial charge in [-0.15, -0.1) is 0 Å². The first-order chi connectivity index (χ1) is 11.5. The molecule has 0 aliphatic carbocycles. The molecule has 0 spiro atoms. The lowest BCUT2D eigenvalue weighted by Crippen LogP contribution is -2.36. The van der Waals surface area contributed by atoms with Crippen LogP contribution in [0.2, 0.25) is 0 Å². The number of aromatic nitrogens is 3. The molecule has 0 saturated carbocycles. The highest BCUT2D eigenvalue weighted by molar-refractivity contribution is 5.77. The number of H-pyrrole nitrogens is 1. The van der Waals surface area contributed by atoms with Crippen LogP contribution in [0.1, 0.15) is 25.7 Å². The number of hydrogen-bond donors (Lipinski definition) is 2. The third-order valence-electron chi connectivity index (χ3n) is 3.90. The summed E-state index contributed by atoms with van der Waals surface area (Å²) in [7, 11) is 0. The summed E-state index contributed by atoms with van der Waals surface area (Å²) in [6.07, 6.45) is 1.60. The Balaban J connectivity index is 1.80. The van der Waals surface area contributed by atoms with E-state index < -0.39 is 0 Å². The molecule has 24 heavy (non-hydrogen) atoms. The average Bonchev–Trinajstić information content (AvgIpc) is 2.98. The number of hydrogen-bond acceptors (Lipinski definition) is 3. The zero-order valence-electron chi connectivity index (χ0n) is 13.7. The minimum absolute atomic E-state index is 0.0108. The molecule has 6 nitrogen and oxygen atoms in total. The first-order valence-electron chi connectivity index (χ1n) is 7.94. The van der Waals surface area contributed by atoms with E-state index >= 15 is 0 Å². The van der Waals surface area contributed by atoms with Crippen molar-refractivity contribution in [3.63, 3.8) is 0 Å². The zero-order chi connectivity index (χ0) is 17.1. The molecule has 2 N–H and O–H groups in total. The van der Waals surface area contributed by atoms with E-state index in [2.05, 4.69) is 15.3 Å². The van der Waals surface area contributed by atoms with Crippen LogP contribution in [0.15, 0.2) is 53.5 Å². The van der Waals surface area contributed by atoms with Crippen molar-refractivity contribution in [1.82, 2.24) is 19.9 Å². The van der Waals surface area contributed by atoms with Crippen molar-refractivity contribution in [2.75, 3.05) is 0 Å². The van der Waals surface area contributed by atoms with Crippen LogP contribution in [0.4, 0.5) is 0 Å². The Hall–Kier alpha value is -2.89. The molecule has 3 aromatic rings. The number of fused-ring (bicyclic) bond motifs is 1. The van der Waals surface area contributed by atoms with Crippen LogP contribution in [0, 0.1) is 5.92 Å². The molecular formula is C18H20N4O2. The summed E-state index contributed by atoms with van der Waals surface area (Å²) >= 11 is 0.